The van der Waals surface area contributed by atoms with E-state index in [1.807, 2.05) is 0 Å². The maximum absolute atomic E-state index is 14.0. The van der Waals surface area contributed by atoms with Crippen LogP contribution in [0.5, 0.6) is 0 Å². The van der Waals surface area contributed by atoms with Gasteiger partial charge >= 0.3 is 6.18 Å². The highest BCUT2D eigenvalue weighted by atomic mass is 32.1. The second-order valence-electron chi connectivity index (χ2n) is 5.75. The average molecular weight is 402 g/mol. The number of methoxy groups -OCH3 is 2. The third kappa shape index (κ3) is 3.38. The predicted octanol–water partition coefficient (Wildman–Crippen LogP) is 2.49. The molecule has 11 heteroatoms. The number of nitrogens with zero attached hydrogens (tertiary/aromatic N) is 3. The Hall–Kier alpha value is -2.21. The van der Waals surface area contributed by atoms with Crippen LogP contribution in [0.25, 0.3) is 10.2 Å². The molecule has 1 aromatic carbocycles. The molecular formula is C16H17F3N4O3S. The van der Waals surface area contributed by atoms with Gasteiger partial charge in [0.2, 0.25) is 5.60 Å². The van der Waals surface area contributed by atoms with E-state index >= 15 is 0 Å². The van der Waals surface area contributed by atoms with Crippen LogP contribution in [0.3, 0.4) is 0 Å². The number of alkyl halides is 3. The SMILES string of the molecule is COC(Cn1ccnc1C(O)(c1ccc2nc(N)sc2c1)C(F)(F)F)OC. The highest BCUT2D eigenvalue weighted by molar-refractivity contribution is 7.22. The molecule has 0 spiro atoms. The zero-order valence-corrected chi connectivity index (χ0v) is 15.2. The van der Waals surface area contributed by atoms with Crippen molar-refractivity contribution in [2.24, 2.45) is 0 Å². The van der Waals surface area contributed by atoms with Crippen molar-refractivity contribution in [1.29, 1.82) is 0 Å². The van der Waals surface area contributed by atoms with E-state index in [0.29, 0.717) is 10.2 Å². The fourth-order valence-electron chi connectivity index (χ4n) is 2.77. The summed E-state index contributed by atoms with van der Waals surface area (Å²) in [7, 11) is 2.73. The quantitative estimate of drug-likeness (QED) is 0.615. The molecule has 1 unspecified atom stereocenters. The van der Waals surface area contributed by atoms with Crippen molar-refractivity contribution < 1.29 is 27.8 Å². The van der Waals surface area contributed by atoms with E-state index in [1.54, 1.807) is 0 Å². The lowest BCUT2D eigenvalue weighted by molar-refractivity contribution is -0.252. The summed E-state index contributed by atoms with van der Waals surface area (Å²) in [5.74, 6) is -0.592. The van der Waals surface area contributed by atoms with Crippen molar-refractivity contribution in [1.82, 2.24) is 14.5 Å². The van der Waals surface area contributed by atoms with Crippen molar-refractivity contribution in [2.75, 3.05) is 20.0 Å². The second kappa shape index (κ2) is 7.08. The fraction of sp³-hybridized carbons (Fsp3) is 0.375. The van der Waals surface area contributed by atoms with Gasteiger partial charge < -0.3 is 24.9 Å². The molecule has 1 atom stereocenters. The number of imidazole rings is 1. The first-order valence-corrected chi connectivity index (χ1v) is 8.55. The first-order valence-electron chi connectivity index (χ1n) is 7.73. The Balaban J connectivity index is 2.15. The molecule has 0 aliphatic heterocycles. The Morgan fingerprint density at radius 2 is 2.00 bits per heavy atom. The van der Waals surface area contributed by atoms with Crippen LogP contribution < -0.4 is 5.73 Å². The Morgan fingerprint density at radius 3 is 2.63 bits per heavy atom. The fourth-order valence-corrected chi connectivity index (χ4v) is 3.54. The minimum atomic E-state index is -5.03. The number of fused-ring (bicyclic) bond motifs is 1. The number of benzene rings is 1. The molecular weight excluding hydrogens is 385 g/mol. The van der Waals surface area contributed by atoms with Gasteiger partial charge in [0.1, 0.15) is 0 Å². The zero-order valence-electron chi connectivity index (χ0n) is 14.4. The third-order valence-electron chi connectivity index (χ3n) is 4.14. The number of hydrogen-bond donors (Lipinski definition) is 2. The lowest BCUT2D eigenvalue weighted by Crippen LogP contribution is -2.46. The number of nitrogen functional groups attached to an aromatic ring is 1. The highest BCUT2D eigenvalue weighted by Crippen LogP contribution is 2.44. The summed E-state index contributed by atoms with van der Waals surface area (Å²) in [6.45, 7) is -0.0868. The number of rotatable bonds is 6. The molecule has 2 aromatic heterocycles. The molecule has 2 heterocycles. The van der Waals surface area contributed by atoms with Gasteiger partial charge in [-0.1, -0.05) is 17.4 Å². The van der Waals surface area contributed by atoms with Gasteiger partial charge in [0.15, 0.2) is 17.2 Å². The van der Waals surface area contributed by atoms with Gasteiger partial charge in [0.25, 0.3) is 0 Å². The van der Waals surface area contributed by atoms with Crippen LogP contribution in [0.1, 0.15) is 11.4 Å². The normalized spacial score (nSPS) is 14.8. The molecule has 0 radical (unpaired) electrons. The molecule has 3 N–H and O–H groups in total. The average Bonchev–Trinajstić information content (AvgIpc) is 3.22. The Kier molecular flexibility index (Phi) is 5.12. The number of halogens is 3. The third-order valence-corrected chi connectivity index (χ3v) is 4.99. The second-order valence-corrected chi connectivity index (χ2v) is 6.81. The number of ether oxygens (including phenoxy) is 2. The molecule has 7 nitrogen and oxygen atoms in total. The summed E-state index contributed by atoms with van der Waals surface area (Å²) in [4.78, 5) is 7.80. The van der Waals surface area contributed by atoms with Crippen LogP contribution in [0.15, 0.2) is 30.6 Å². The monoisotopic (exact) mass is 402 g/mol. The molecule has 0 amide bonds. The number of aliphatic hydroxyl groups is 1. The maximum Gasteiger partial charge on any atom is 0.428 e. The van der Waals surface area contributed by atoms with Crippen molar-refractivity contribution in [2.45, 2.75) is 24.6 Å². The van der Waals surface area contributed by atoms with Gasteiger partial charge in [0.05, 0.1) is 16.8 Å². The lowest BCUT2D eigenvalue weighted by Gasteiger charge is -2.31. The first kappa shape index (κ1) is 19.5. The topological polar surface area (TPSA) is 95.4 Å². The summed E-state index contributed by atoms with van der Waals surface area (Å²) in [5, 5.41) is 11.1. The molecule has 0 saturated heterocycles. The van der Waals surface area contributed by atoms with Crippen LogP contribution in [0.2, 0.25) is 0 Å². The van der Waals surface area contributed by atoms with Gasteiger partial charge in [0, 0.05) is 32.2 Å². The van der Waals surface area contributed by atoms with Crippen molar-refractivity contribution in [3.05, 3.63) is 42.0 Å². The maximum atomic E-state index is 14.0. The molecule has 146 valence electrons. The Labute approximate surface area is 156 Å². The van der Waals surface area contributed by atoms with Crippen LogP contribution in [0.4, 0.5) is 18.3 Å². The highest BCUT2D eigenvalue weighted by Gasteiger charge is 2.59. The van der Waals surface area contributed by atoms with Crippen LogP contribution in [-0.2, 0) is 21.6 Å². The van der Waals surface area contributed by atoms with E-state index in [2.05, 4.69) is 9.97 Å². The van der Waals surface area contributed by atoms with Crippen molar-refractivity contribution in [3.63, 3.8) is 0 Å². The molecule has 0 saturated carbocycles. The van der Waals surface area contributed by atoms with Crippen LogP contribution >= 0.6 is 11.3 Å². The predicted molar refractivity (Wildman–Crippen MR) is 93.1 cm³/mol. The molecule has 0 fully saturated rings. The summed E-state index contributed by atoms with van der Waals surface area (Å²) >= 11 is 1.03. The summed E-state index contributed by atoms with van der Waals surface area (Å²) < 4.78 is 53.8. The lowest BCUT2D eigenvalue weighted by atomic mass is 9.91. The summed E-state index contributed by atoms with van der Waals surface area (Å²) in [5.41, 5.74) is 2.35. The van der Waals surface area contributed by atoms with Gasteiger partial charge in [-0.25, -0.2) is 9.97 Å². The van der Waals surface area contributed by atoms with Crippen LogP contribution in [-0.4, -0.2) is 46.3 Å². The largest absolute Gasteiger partial charge is 0.428 e. The minimum absolute atomic E-state index is 0.0868. The number of nitrogens with two attached hydrogens (primary N) is 1. The van der Waals surface area contributed by atoms with E-state index in [4.69, 9.17) is 15.2 Å². The first-order chi connectivity index (χ1) is 12.7. The van der Waals surface area contributed by atoms with Gasteiger partial charge in [-0.05, 0) is 12.1 Å². The van der Waals surface area contributed by atoms with E-state index in [9.17, 15) is 18.3 Å². The number of thiazole rings is 1. The minimum Gasteiger partial charge on any atom is -0.375 e. The Bertz CT molecular complexity index is 939. The molecule has 0 aliphatic carbocycles. The van der Waals surface area contributed by atoms with E-state index in [-0.39, 0.29) is 17.2 Å². The molecule has 0 aliphatic rings. The van der Waals surface area contributed by atoms with Crippen molar-refractivity contribution in [3.8, 4) is 0 Å². The summed E-state index contributed by atoms with van der Waals surface area (Å²) in [6.07, 6.45) is -3.34. The van der Waals surface area contributed by atoms with Crippen LogP contribution in [0, 0.1) is 0 Å². The van der Waals surface area contributed by atoms with Crippen molar-refractivity contribution >= 4 is 26.7 Å². The number of anilines is 1. The molecule has 27 heavy (non-hydrogen) atoms. The smallest absolute Gasteiger partial charge is 0.375 e. The van der Waals surface area contributed by atoms with Gasteiger partial charge in [-0.2, -0.15) is 13.2 Å². The zero-order chi connectivity index (χ0) is 19.8. The standard InChI is InChI=1S/C16H17F3N4O3S/c1-25-12(26-2)8-23-6-5-21-13(23)15(24,16(17,18)19)9-3-4-10-11(7-9)27-14(20)22-10/h3-7,12,24H,8H2,1-2H3,(H2,20,22). The molecule has 3 aromatic rings. The number of aromatic nitrogens is 3. The van der Waals surface area contributed by atoms with E-state index in [1.165, 1.54) is 38.7 Å². The van der Waals surface area contributed by atoms with E-state index < -0.39 is 23.9 Å². The van der Waals surface area contributed by atoms with Gasteiger partial charge in [-0.15, -0.1) is 0 Å². The van der Waals surface area contributed by atoms with E-state index in [0.717, 1.165) is 22.0 Å². The molecule has 0 bridgehead atoms. The number of hydrogen-bond acceptors (Lipinski definition) is 7. The van der Waals surface area contributed by atoms with Gasteiger partial charge in [-0.3, -0.25) is 0 Å². The molecule has 3 rings (SSSR count). The Morgan fingerprint density at radius 1 is 1.30 bits per heavy atom. The summed E-state index contributed by atoms with van der Waals surface area (Å²) in [6, 6.07) is 3.77.